The molecule has 4 atom stereocenters. The van der Waals surface area contributed by atoms with E-state index in [-0.39, 0.29) is 31.4 Å². The molecule has 6 aromatic rings. The van der Waals surface area contributed by atoms with Gasteiger partial charge >= 0.3 is 5.97 Å². The molecule has 3 unspecified atom stereocenters. The average Bonchev–Trinajstić information content (AvgIpc) is 3.30. The van der Waals surface area contributed by atoms with Crippen molar-refractivity contribution in [1.29, 1.82) is 5.26 Å². The van der Waals surface area contributed by atoms with Gasteiger partial charge in [-0.1, -0.05) is 108 Å². The molecular weight excluding hydrogens is 823 g/mol. The van der Waals surface area contributed by atoms with Crippen molar-refractivity contribution < 1.29 is 29.0 Å². The van der Waals surface area contributed by atoms with E-state index in [2.05, 4.69) is 16.3 Å². The summed E-state index contributed by atoms with van der Waals surface area (Å²) in [4.78, 5) is 44.5. The van der Waals surface area contributed by atoms with Crippen molar-refractivity contribution in [1.82, 2.24) is 10.2 Å². The lowest BCUT2D eigenvalue weighted by atomic mass is 9.89. The lowest BCUT2D eigenvalue weighted by molar-refractivity contribution is -0.143. The van der Waals surface area contributed by atoms with Crippen LogP contribution in [0.1, 0.15) is 58.0 Å². The summed E-state index contributed by atoms with van der Waals surface area (Å²) in [5.74, 6) is -0.632. The van der Waals surface area contributed by atoms with E-state index >= 15 is 0 Å². The van der Waals surface area contributed by atoms with Crippen molar-refractivity contribution in [2.75, 3.05) is 11.9 Å². The number of nitrogens with zero attached hydrogens (tertiary/aromatic N) is 3. The minimum Gasteiger partial charge on any atom is -0.489 e. The van der Waals surface area contributed by atoms with E-state index in [0.717, 1.165) is 38.9 Å². The van der Waals surface area contributed by atoms with Crippen LogP contribution in [0.2, 0.25) is 10.0 Å². The number of rotatable bonds is 12. The normalized spacial score (nSPS) is 16.8. The molecule has 0 spiro atoms. The van der Waals surface area contributed by atoms with Gasteiger partial charge in [-0.15, -0.1) is 0 Å². The fraction of sp³-hybridized carbons (Fsp3) is 0.200. The number of hydrogen-bond acceptors (Lipinski definition) is 7. The van der Waals surface area contributed by atoms with Crippen LogP contribution in [-0.4, -0.2) is 46.9 Å². The highest BCUT2D eigenvalue weighted by atomic mass is 35.5. The zero-order chi connectivity index (χ0) is 43.5. The maximum atomic E-state index is 14.4. The molecule has 0 radical (unpaired) electrons. The largest absolute Gasteiger partial charge is 0.489 e. The van der Waals surface area contributed by atoms with Gasteiger partial charge in [0.2, 0.25) is 12.0 Å². The summed E-state index contributed by atoms with van der Waals surface area (Å²) in [6.07, 6.45) is -0.525. The number of anilines is 1. The minimum absolute atomic E-state index is 0.0830. The Labute approximate surface area is 369 Å². The second-order valence-corrected chi connectivity index (χ2v) is 16.4. The number of halogens is 2. The number of nitrogens with one attached hydrogen (secondary N) is 1. The zero-order valence-electron chi connectivity index (χ0n) is 33.9. The smallest absolute Gasteiger partial charge is 0.326 e. The summed E-state index contributed by atoms with van der Waals surface area (Å²) in [7, 11) is 1.71. The first-order valence-electron chi connectivity index (χ1n) is 20.2. The van der Waals surface area contributed by atoms with Gasteiger partial charge in [0.25, 0.3) is 5.91 Å². The molecule has 2 N–H and O–H groups in total. The highest BCUT2D eigenvalue weighted by Gasteiger charge is 2.40. The van der Waals surface area contributed by atoms with Gasteiger partial charge in [-0.05, 0) is 101 Å². The summed E-state index contributed by atoms with van der Waals surface area (Å²) in [5.41, 5.74) is 8.11. The topological polar surface area (TPSA) is 132 Å². The Bertz CT molecular complexity index is 2670. The van der Waals surface area contributed by atoms with E-state index in [9.17, 15) is 19.5 Å². The van der Waals surface area contributed by atoms with Crippen LogP contribution in [0.4, 0.5) is 5.69 Å². The van der Waals surface area contributed by atoms with Gasteiger partial charge in [-0.3, -0.25) is 14.5 Å². The van der Waals surface area contributed by atoms with E-state index in [1.165, 1.54) is 0 Å². The van der Waals surface area contributed by atoms with Gasteiger partial charge in [0.15, 0.2) is 0 Å². The molecule has 0 fully saturated rings. The van der Waals surface area contributed by atoms with Crippen LogP contribution >= 0.6 is 23.2 Å². The molecule has 0 saturated carbocycles. The number of carboxylic acid groups (broad SMARTS) is 1. The molecule has 2 aliphatic heterocycles. The third-order valence-corrected chi connectivity index (χ3v) is 12.4. The summed E-state index contributed by atoms with van der Waals surface area (Å²) >= 11 is 12.2. The SMILES string of the molecule is CC(c1ccccc1)N1Cc2cc3c(cc2CC1C(=O)N[C@@H](Cc1ccc(-c2ccc(C#N)cc2)cc1)C(=O)O)N(C)C(=O)C(c1ccc(OCc2ccc(Cl)c(Cl)c2)cc1)O3. The Morgan fingerprint density at radius 3 is 2.21 bits per heavy atom. The van der Waals surface area contributed by atoms with Crippen LogP contribution in [0.5, 0.6) is 11.5 Å². The van der Waals surface area contributed by atoms with Crippen molar-refractivity contribution in [3.8, 4) is 28.7 Å². The van der Waals surface area contributed by atoms with Crippen LogP contribution in [0.15, 0.2) is 133 Å². The quantitative estimate of drug-likeness (QED) is 0.124. The van der Waals surface area contributed by atoms with Crippen LogP contribution in [0.25, 0.3) is 11.1 Å². The minimum atomic E-state index is -1.18. The summed E-state index contributed by atoms with van der Waals surface area (Å²) < 4.78 is 12.4. The van der Waals surface area contributed by atoms with Crippen LogP contribution < -0.4 is 19.7 Å². The maximum absolute atomic E-state index is 14.4. The van der Waals surface area contributed by atoms with Gasteiger partial charge < -0.3 is 24.8 Å². The summed E-state index contributed by atoms with van der Waals surface area (Å²) in [5, 5.41) is 23.3. The first-order chi connectivity index (χ1) is 29.9. The Morgan fingerprint density at radius 1 is 0.871 bits per heavy atom. The Balaban J connectivity index is 1.01. The molecule has 62 heavy (non-hydrogen) atoms. The number of ether oxygens (including phenoxy) is 2. The van der Waals surface area contributed by atoms with Crippen molar-refractivity contribution in [2.45, 2.75) is 57.1 Å². The number of aliphatic carboxylic acids is 1. The highest BCUT2D eigenvalue weighted by molar-refractivity contribution is 6.42. The van der Waals surface area contributed by atoms with Crippen molar-refractivity contribution in [3.05, 3.63) is 182 Å². The Kier molecular flexibility index (Phi) is 12.3. The van der Waals surface area contributed by atoms with Gasteiger partial charge in [-0.25, -0.2) is 4.79 Å². The number of amides is 2. The lowest BCUT2D eigenvalue weighted by Gasteiger charge is -2.41. The third kappa shape index (κ3) is 9.02. The summed E-state index contributed by atoms with van der Waals surface area (Å²) in [6.45, 7) is 2.71. The third-order valence-electron chi connectivity index (χ3n) is 11.6. The Hall–Kier alpha value is -6.64. The number of benzene rings is 6. The molecule has 0 aromatic heterocycles. The highest BCUT2D eigenvalue weighted by Crippen LogP contribution is 2.43. The standard InChI is InChI=1S/C50H42Cl2N4O6/c1-30(34-6-4-3-5-7-34)56-28-39-26-46-44(55(2)49(58)47(62-46)37-17-19-40(20-18-37)61-29-33-12-21-41(51)42(52)22-33)24-38(39)25-45(56)48(57)54-43(50(59)60)23-31-8-13-35(14-9-31)36-15-10-32(27-53)11-16-36/h3-22,24,26,30,43,45,47H,23,25,28-29H2,1-2H3,(H,54,57)(H,59,60)/t30?,43-,45?,47?/m0/s1. The monoisotopic (exact) mass is 864 g/mol. The molecule has 2 amide bonds. The molecule has 6 aromatic carbocycles. The number of nitriles is 1. The van der Waals surface area contributed by atoms with Gasteiger partial charge in [0.1, 0.15) is 24.1 Å². The van der Waals surface area contributed by atoms with Crippen molar-refractivity contribution in [2.24, 2.45) is 0 Å². The number of carbonyl (C=O) groups is 3. The first kappa shape index (κ1) is 42.1. The molecule has 0 bridgehead atoms. The maximum Gasteiger partial charge on any atom is 0.326 e. The fourth-order valence-electron chi connectivity index (χ4n) is 8.04. The van der Waals surface area contributed by atoms with E-state index in [4.69, 9.17) is 37.9 Å². The van der Waals surface area contributed by atoms with Crippen molar-refractivity contribution >= 4 is 46.7 Å². The first-order valence-corrected chi connectivity index (χ1v) is 20.9. The van der Waals surface area contributed by atoms with Crippen molar-refractivity contribution in [3.63, 3.8) is 0 Å². The van der Waals surface area contributed by atoms with Gasteiger partial charge in [-0.2, -0.15) is 5.26 Å². The molecule has 0 saturated heterocycles. The molecule has 2 aliphatic rings. The number of carbonyl (C=O) groups excluding carboxylic acids is 2. The molecule has 0 aliphatic carbocycles. The zero-order valence-corrected chi connectivity index (χ0v) is 35.4. The number of carboxylic acids is 1. The lowest BCUT2D eigenvalue weighted by Crippen LogP contribution is -2.55. The second kappa shape index (κ2) is 18.1. The number of hydrogen-bond donors (Lipinski definition) is 2. The van der Waals surface area contributed by atoms with Gasteiger partial charge in [0, 0.05) is 31.6 Å². The number of likely N-dealkylation sites (N-methyl/N-ethyl adjacent to an activating group) is 1. The average molecular weight is 866 g/mol. The predicted octanol–water partition coefficient (Wildman–Crippen LogP) is 9.51. The van der Waals surface area contributed by atoms with E-state index < -0.39 is 30.1 Å². The van der Waals surface area contributed by atoms with E-state index in [1.807, 2.05) is 104 Å². The fourth-order valence-corrected chi connectivity index (χ4v) is 8.37. The van der Waals surface area contributed by atoms with E-state index in [1.54, 1.807) is 48.3 Å². The molecule has 2 heterocycles. The van der Waals surface area contributed by atoms with Crippen LogP contribution in [0.3, 0.4) is 0 Å². The van der Waals surface area contributed by atoms with E-state index in [0.29, 0.717) is 44.9 Å². The number of fused-ring (bicyclic) bond motifs is 2. The second-order valence-electron chi connectivity index (χ2n) is 15.6. The predicted molar refractivity (Wildman–Crippen MR) is 238 cm³/mol. The molecule has 312 valence electrons. The Morgan fingerprint density at radius 2 is 1.55 bits per heavy atom. The molecule has 8 rings (SSSR count). The summed E-state index contributed by atoms with van der Waals surface area (Å²) in [6, 6.07) is 41.1. The van der Waals surface area contributed by atoms with Crippen LogP contribution in [-0.2, 0) is 40.4 Å². The molecule has 12 heteroatoms. The van der Waals surface area contributed by atoms with Crippen LogP contribution in [0, 0.1) is 11.3 Å². The van der Waals surface area contributed by atoms with Gasteiger partial charge in [0.05, 0.1) is 33.4 Å². The molecular formula is C50H42Cl2N4O6. The molecule has 10 nitrogen and oxygen atoms in total.